The van der Waals surface area contributed by atoms with Crippen LogP contribution in [-0.4, -0.2) is 25.0 Å². The predicted molar refractivity (Wildman–Crippen MR) is 72.7 cm³/mol. The van der Waals surface area contributed by atoms with Gasteiger partial charge in [-0.05, 0) is 19.4 Å². The first-order valence-corrected chi connectivity index (χ1v) is 6.29. The second kappa shape index (κ2) is 7.41. The summed E-state index contributed by atoms with van der Waals surface area (Å²) in [6.07, 6.45) is 0.783. The van der Waals surface area contributed by atoms with Gasteiger partial charge in [-0.25, -0.2) is 0 Å². The van der Waals surface area contributed by atoms with Crippen molar-refractivity contribution >= 4 is 11.8 Å². The van der Waals surface area contributed by atoms with Crippen LogP contribution >= 0.6 is 0 Å². The van der Waals surface area contributed by atoms with E-state index in [4.69, 9.17) is 4.74 Å². The third kappa shape index (κ3) is 4.62. The van der Waals surface area contributed by atoms with Crippen LogP contribution in [0.2, 0.25) is 0 Å². The van der Waals surface area contributed by atoms with Gasteiger partial charge in [0.1, 0.15) is 5.75 Å². The summed E-state index contributed by atoms with van der Waals surface area (Å²) in [7, 11) is 1.57. The molecule has 1 aromatic rings. The summed E-state index contributed by atoms with van der Waals surface area (Å²) in [6.45, 7) is 4.06. The normalized spacial score (nSPS) is 11.5. The third-order valence-corrected chi connectivity index (χ3v) is 2.83. The molecule has 5 nitrogen and oxygen atoms in total. The lowest BCUT2D eigenvalue weighted by molar-refractivity contribution is -0.139. The molecule has 0 saturated heterocycles. The summed E-state index contributed by atoms with van der Waals surface area (Å²) in [5, 5.41) is 5.18. The van der Waals surface area contributed by atoms with Gasteiger partial charge < -0.3 is 15.4 Å². The zero-order chi connectivity index (χ0) is 14.3. The van der Waals surface area contributed by atoms with E-state index in [0.29, 0.717) is 5.75 Å². The minimum atomic E-state index is -0.633. The summed E-state index contributed by atoms with van der Waals surface area (Å²) in [5.41, 5.74) is 0.828. The van der Waals surface area contributed by atoms with E-state index in [0.717, 1.165) is 12.0 Å². The highest BCUT2D eigenvalue weighted by molar-refractivity contribution is 6.35. The molecule has 1 aromatic carbocycles. The van der Waals surface area contributed by atoms with Gasteiger partial charge in [-0.2, -0.15) is 0 Å². The Morgan fingerprint density at radius 2 is 1.95 bits per heavy atom. The van der Waals surface area contributed by atoms with Gasteiger partial charge in [0.2, 0.25) is 0 Å². The summed E-state index contributed by atoms with van der Waals surface area (Å²) in [4.78, 5) is 23.1. The lowest BCUT2D eigenvalue weighted by Gasteiger charge is -2.12. The molecule has 0 aromatic heterocycles. The van der Waals surface area contributed by atoms with Gasteiger partial charge in [0.25, 0.3) is 0 Å². The molecule has 0 spiro atoms. The molecule has 1 unspecified atom stereocenters. The van der Waals surface area contributed by atoms with Crippen LogP contribution in [0.3, 0.4) is 0 Å². The molecule has 0 radical (unpaired) electrons. The van der Waals surface area contributed by atoms with E-state index in [-0.39, 0.29) is 12.6 Å². The van der Waals surface area contributed by atoms with Gasteiger partial charge in [-0.3, -0.25) is 9.59 Å². The zero-order valence-electron chi connectivity index (χ0n) is 11.5. The number of carbonyl (C=O) groups excluding carboxylic acids is 2. The van der Waals surface area contributed by atoms with Crippen LogP contribution in [0.4, 0.5) is 0 Å². The average Bonchev–Trinajstić information content (AvgIpc) is 2.44. The minimum absolute atomic E-state index is 0.00971. The van der Waals surface area contributed by atoms with Gasteiger partial charge in [0.15, 0.2) is 0 Å². The molecule has 0 aliphatic carbocycles. The van der Waals surface area contributed by atoms with E-state index < -0.39 is 11.8 Å². The smallest absolute Gasteiger partial charge is 0.309 e. The highest BCUT2D eigenvalue weighted by atomic mass is 16.5. The van der Waals surface area contributed by atoms with Gasteiger partial charge >= 0.3 is 11.8 Å². The van der Waals surface area contributed by atoms with Crippen molar-refractivity contribution in [3.05, 3.63) is 29.8 Å². The average molecular weight is 264 g/mol. The Morgan fingerprint density at radius 1 is 1.26 bits per heavy atom. The van der Waals surface area contributed by atoms with Crippen LogP contribution in [0.15, 0.2) is 24.3 Å². The number of amides is 2. The maximum Gasteiger partial charge on any atom is 0.309 e. The van der Waals surface area contributed by atoms with Crippen molar-refractivity contribution in [2.45, 2.75) is 32.9 Å². The summed E-state index contributed by atoms with van der Waals surface area (Å²) in [5.74, 6) is -0.555. The van der Waals surface area contributed by atoms with Crippen molar-refractivity contribution in [1.82, 2.24) is 10.6 Å². The Hall–Kier alpha value is -2.04. The van der Waals surface area contributed by atoms with Gasteiger partial charge in [0.05, 0.1) is 7.11 Å². The number of carbonyl (C=O) groups is 2. The fourth-order valence-corrected chi connectivity index (χ4v) is 1.50. The molecule has 19 heavy (non-hydrogen) atoms. The number of ether oxygens (including phenoxy) is 1. The third-order valence-electron chi connectivity index (χ3n) is 2.83. The van der Waals surface area contributed by atoms with Gasteiger partial charge in [-0.15, -0.1) is 0 Å². The molecule has 0 aliphatic rings. The lowest BCUT2D eigenvalue weighted by Crippen LogP contribution is -2.43. The van der Waals surface area contributed by atoms with E-state index >= 15 is 0 Å². The monoisotopic (exact) mass is 264 g/mol. The molecule has 0 fully saturated rings. The number of hydrogen-bond donors (Lipinski definition) is 2. The first kappa shape index (κ1) is 15.0. The molecule has 2 N–H and O–H groups in total. The Bertz CT molecular complexity index is 446. The largest absolute Gasteiger partial charge is 0.496 e. The molecule has 1 rings (SSSR count). The van der Waals surface area contributed by atoms with E-state index in [1.165, 1.54) is 0 Å². The first-order chi connectivity index (χ1) is 9.08. The maximum absolute atomic E-state index is 11.6. The van der Waals surface area contributed by atoms with Crippen molar-refractivity contribution < 1.29 is 14.3 Å². The van der Waals surface area contributed by atoms with Crippen molar-refractivity contribution in [3.63, 3.8) is 0 Å². The molecule has 104 valence electrons. The SMILES string of the molecule is CCC(C)NC(=O)C(=O)NCc1ccccc1OC. The van der Waals surface area contributed by atoms with E-state index in [1.54, 1.807) is 13.2 Å². The Balaban J connectivity index is 2.52. The van der Waals surface area contributed by atoms with E-state index in [1.807, 2.05) is 32.0 Å². The topological polar surface area (TPSA) is 67.4 Å². The van der Waals surface area contributed by atoms with Crippen LogP contribution in [0.5, 0.6) is 5.75 Å². The zero-order valence-corrected chi connectivity index (χ0v) is 11.5. The molecular formula is C14H20N2O3. The number of rotatable bonds is 5. The Morgan fingerprint density at radius 3 is 2.58 bits per heavy atom. The summed E-state index contributed by atoms with van der Waals surface area (Å²) < 4.78 is 5.17. The standard InChI is InChI=1S/C14H20N2O3/c1-4-10(2)16-14(18)13(17)15-9-11-7-5-6-8-12(11)19-3/h5-8,10H,4,9H2,1-3H3,(H,15,17)(H,16,18). The summed E-state index contributed by atoms with van der Waals surface area (Å²) >= 11 is 0. The fraction of sp³-hybridized carbons (Fsp3) is 0.429. The second-order valence-corrected chi connectivity index (χ2v) is 4.28. The first-order valence-electron chi connectivity index (χ1n) is 6.29. The maximum atomic E-state index is 11.6. The summed E-state index contributed by atoms with van der Waals surface area (Å²) in [6, 6.07) is 7.33. The van der Waals surface area contributed by atoms with E-state index in [2.05, 4.69) is 10.6 Å². The van der Waals surface area contributed by atoms with Crippen LogP contribution in [0.1, 0.15) is 25.8 Å². The molecule has 0 saturated carbocycles. The molecule has 0 aliphatic heterocycles. The number of hydrogen-bond acceptors (Lipinski definition) is 3. The number of para-hydroxylation sites is 1. The molecule has 0 heterocycles. The quantitative estimate of drug-likeness (QED) is 0.786. The van der Waals surface area contributed by atoms with Crippen LogP contribution in [0, 0.1) is 0 Å². The molecule has 0 bridgehead atoms. The Kier molecular flexibility index (Phi) is 5.85. The van der Waals surface area contributed by atoms with Crippen molar-refractivity contribution in [2.24, 2.45) is 0 Å². The Labute approximate surface area is 113 Å². The second-order valence-electron chi connectivity index (χ2n) is 4.28. The fourth-order valence-electron chi connectivity index (χ4n) is 1.50. The molecule has 5 heteroatoms. The predicted octanol–water partition coefficient (Wildman–Crippen LogP) is 1.23. The van der Waals surface area contributed by atoms with Crippen molar-refractivity contribution in [1.29, 1.82) is 0 Å². The number of benzene rings is 1. The van der Waals surface area contributed by atoms with Gasteiger partial charge in [0, 0.05) is 18.2 Å². The van der Waals surface area contributed by atoms with Crippen molar-refractivity contribution in [3.8, 4) is 5.75 Å². The minimum Gasteiger partial charge on any atom is -0.496 e. The highest BCUT2D eigenvalue weighted by Crippen LogP contribution is 2.16. The lowest BCUT2D eigenvalue weighted by atomic mass is 10.2. The van der Waals surface area contributed by atoms with Crippen LogP contribution in [0.25, 0.3) is 0 Å². The molecular weight excluding hydrogens is 244 g/mol. The number of nitrogens with one attached hydrogen (secondary N) is 2. The van der Waals surface area contributed by atoms with Crippen LogP contribution < -0.4 is 15.4 Å². The highest BCUT2D eigenvalue weighted by Gasteiger charge is 2.15. The molecule has 1 atom stereocenters. The number of methoxy groups -OCH3 is 1. The van der Waals surface area contributed by atoms with Crippen molar-refractivity contribution in [2.75, 3.05) is 7.11 Å². The van der Waals surface area contributed by atoms with E-state index in [9.17, 15) is 9.59 Å². The van der Waals surface area contributed by atoms with Gasteiger partial charge in [-0.1, -0.05) is 25.1 Å². The van der Waals surface area contributed by atoms with Crippen LogP contribution in [-0.2, 0) is 16.1 Å². The molecule has 2 amide bonds.